The van der Waals surface area contributed by atoms with Gasteiger partial charge in [-0.05, 0) is 27.5 Å². The van der Waals surface area contributed by atoms with Gasteiger partial charge in [-0.25, -0.2) is 0 Å². The average molecular weight is 321 g/mol. The van der Waals surface area contributed by atoms with Crippen molar-refractivity contribution in [1.29, 1.82) is 0 Å². The SMILES string of the molecule is C=Cc1ccccc1C(C)(C)C.CC(C)(C)C=Cc1ccccc1. The molecule has 0 atom stereocenters. The minimum Gasteiger partial charge on any atom is -0.0985 e. The quantitative estimate of drug-likeness (QED) is 0.541. The molecular formula is C24H32. The molecular weight excluding hydrogens is 288 g/mol. The Kier molecular flexibility index (Phi) is 7.22. The van der Waals surface area contributed by atoms with Crippen molar-refractivity contribution in [3.63, 3.8) is 0 Å². The summed E-state index contributed by atoms with van der Waals surface area (Å²) in [6.07, 6.45) is 6.31. The van der Waals surface area contributed by atoms with Gasteiger partial charge in [0.15, 0.2) is 0 Å². The maximum absolute atomic E-state index is 3.81. The van der Waals surface area contributed by atoms with Crippen molar-refractivity contribution < 1.29 is 0 Å². The molecule has 24 heavy (non-hydrogen) atoms. The predicted octanol–water partition coefficient (Wildman–Crippen LogP) is 7.37. The van der Waals surface area contributed by atoms with E-state index in [0.717, 1.165) is 0 Å². The molecule has 0 amide bonds. The Labute approximate surface area is 148 Å². The first-order valence-corrected chi connectivity index (χ1v) is 8.60. The van der Waals surface area contributed by atoms with E-state index in [1.807, 2.05) is 18.2 Å². The molecule has 0 aromatic heterocycles. The second-order valence-electron chi connectivity index (χ2n) is 8.15. The van der Waals surface area contributed by atoms with Gasteiger partial charge in [-0.2, -0.15) is 0 Å². The zero-order valence-corrected chi connectivity index (χ0v) is 16.1. The van der Waals surface area contributed by atoms with Crippen LogP contribution < -0.4 is 0 Å². The van der Waals surface area contributed by atoms with Crippen LogP contribution in [-0.4, -0.2) is 0 Å². The van der Waals surface area contributed by atoms with Crippen LogP contribution in [0.25, 0.3) is 12.2 Å². The lowest BCUT2D eigenvalue weighted by molar-refractivity contribution is 0.547. The lowest BCUT2D eigenvalue weighted by Gasteiger charge is -2.21. The lowest BCUT2D eigenvalue weighted by Crippen LogP contribution is -2.12. The fourth-order valence-electron chi connectivity index (χ4n) is 2.27. The van der Waals surface area contributed by atoms with E-state index >= 15 is 0 Å². The molecule has 2 aromatic rings. The topological polar surface area (TPSA) is 0 Å². The highest BCUT2D eigenvalue weighted by molar-refractivity contribution is 5.53. The van der Waals surface area contributed by atoms with Crippen LogP contribution in [0.2, 0.25) is 0 Å². The Bertz CT molecular complexity index is 646. The largest absolute Gasteiger partial charge is 0.0985 e. The summed E-state index contributed by atoms with van der Waals surface area (Å²) in [5, 5.41) is 0. The first-order valence-electron chi connectivity index (χ1n) is 8.60. The molecule has 0 aliphatic rings. The second-order valence-corrected chi connectivity index (χ2v) is 8.15. The van der Waals surface area contributed by atoms with Gasteiger partial charge in [0, 0.05) is 0 Å². The van der Waals surface area contributed by atoms with E-state index in [1.54, 1.807) is 0 Å². The van der Waals surface area contributed by atoms with E-state index in [0.29, 0.717) is 0 Å². The molecule has 0 heterocycles. The maximum Gasteiger partial charge on any atom is -0.0126 e. The third kappa shape index (κ3) is 7.46. The van der Waals surface area contributed by atoms with Crippen molar-refractivity contribution >= 4 is 12.2 Å². The highest BCUT2D eigenvalue weighted by atomic mass is 14.2. The molecule has 0 spiro atoms. The summed E-state index contributed by atoms with van der Waals surface area (Å²) in [5.41, 5.74) is 4.36. The van der Waals surface area contributed by atoms with E-state index in [4.69, 9.17) is 0 Å². The first-order chi connectivity index (χ1) is 11.1. The Morgan fingerprint density at radius 3 is 1.75 bits per heavy atom. The fourth-order valence-corrected chi connectivity index (χ4v) is 2.27. The van der Waals surface area contributed by atoms with Gasteiger partial charge in [0.05, 0.1) is 0 Å². The van der Waals surface area contributed by atoms with Crippen LogP contribution in [0, 0.1) is 5.41 Å². The minimum absolute atomic E-state index is 0.213. The van der Waals surface area contributed by atoms with Gasteiger partial charge in [-0.3, -0.25) is 0 Å². The van der Waals surface area contributed by atoms with Gasteiger partial charge < -0.3 is 0 Å². The van der Waals surface area contributed by atoms with Crippen LogP contribution in [0.1, 0.15) is 58.2 Å². The summed E-state index contributed by atoms with van der Waals surface area (Å²) < 4.78 is 0. The van der Waals surface area contributed by atoms with E-state index in [9.17, 15) is 0 Å². The Morgan fingerprint density at radius 1 is 0.750 bits per heavy atom. The van der Waals surface area contributed by atoms with E-state index in [-0.39, 0.29) is 10.8 Å². The number of allylic oxidation sites excluding steroid dienone is 1. The van der Waals surface area contributed by atoms with Crippen molar-refractivity contribution in [2.75, 3.05) is 0 Å². The maximum atomic E-state index is 3.81. The summed E-state index contributed by atoms with van der Waals surface area (Å²) in [6.45, 7) is 17.1. The van der Waals surface area contributed by atoms with Crippen LogP contribution in [0.15, 0.2) is 67.3 Å². The van der Waals surface area contributed by atoms with Crippen molar-refractivity contribution in [2.45, 2.75) is 47.0 Å². The summed E-state index contributed by atoms with van der Waals surface area (Å²) >= 11 is 0. The Morgan fingerprint density at radius 2 is 1.29 bits per heavy atom. The van der Waals surface area contributed by atoms with E-state index in [1.165, 1.54) is 16.7 Å². The zero-order chi connectivity index (χ0) is 18.2. The number of hydrogen-bond donors (Lipinski definition) is 0. The molecule has 2 aromatic carbocycles. The molecule has 0 aliphatic carbocycles. The van der Waals surface area contributed by atoms with Gasteiger partial charge in [0.25, 0.3) is 0 Å². The van der Waals surface area contributed by atoms with Crippen molar-refractivity contribution in [1.82, 2.24) is 0 Å². The summed E-state index contributed by atoms with van der Waals surface area (Å²) in [7, 11) is 0. The zero-order valence-electron chi connectivity index (χ0n) is 16.1. The fraction of sp³-hybridized carbons (Fsp3) is 0.333. The van der Waals surface area contributed by atoms with Crippen molar-refractivity contribution in [3.8, 4) is 0 Å². The molecule has 0 bridgehead atoms. The molecule has 0 heteroatoms. The highest BCUT2D eigenvalue weighted by Gasteiger charge is 2.15. The van der Waals surface area contributed by atoms with Crippen LogP contribution >= 0.6 is 0 Å². The molecule has 0 fully saturated rings. The molecule has 0 N–H and O–H groups in total. The molecule has 0 radical (unpaired) electrons. The normalized spacial score (nSPS) is 11.8. The third-order valence-corrected chi connectivity index (χ3v) is 3.56. The second kappa shape index (κ2) is 8.68. The monoisotopic (exact) mass is 320 g/mol. The molecule has 0 unspecified atom stereocenters. The van der Waals surface area contributed by atoms with Crippen LogP contribution in [0.3, 0.4) is 0 Å². The summed E-state index contributed by atoms with van der Waals surface area (Å²) in [4.78, 5) is 0. The summed E-state index contributed by atoms with van der Waals surface area (Å²) in [5.74, 6) is 0. The van der Waals surface area contributed by atoms with E-state index in [2.05, 4.69) is 103 Å². The molecule has 0 saturated carbocycles. The molecule has 0 nitrogen and oxygen atoms in total. The lowest BCUT2D eigenvalue weighted by atomic mass is 9.84. The molecule has 0 aliphatic heterocycles. The number of benzene rings is 2. The number of rotatable bonds is 2. The van der Waals surface area contributed by atoms with E-state index < -0.39 is 0 Å². The number of hydrogen-bond acceptors (Lipinski definition) is 0. The standard InChI is InChI=1S/2C12H16/c1-12(2,3)10-9-11-7-5-4-6-8-11;1-5-10-8-6-7-9-11(10)12(2,3)4/h4-10H,1-3H3;5-9H,1H2,2-4H3. The van der Waals surface area contributed by atoms with Crippen LogP contribution in [0.5, 0.6) is 0 Å². The van der Waals surface area contributed by atoms with Gasteiger partial charge in [0.2, 0.25) is 0 Å². The summed E-state index contributed by atoms with van der Waals surface area (Å²) in [6, 6.07) is 18.8. The highest BCUT2D eigenvalue weighted by Crippen LogP contribution is 2.25. The van der Waals surface area contributed by atoms with Crippen molar-refractivity contribution in [2.24, 2.45) is 5.41 Å². The van der Waals surface area contributed by atoms with Gasteiger partial charge in [-0.1, -0.05) is 121 Å². The smallest absolute Gasteiger partial charge is 0.0126 e. The Hall–Kier alpha value is -2.08. The predicted molar refractivity (Wildman–Crippen MR) is 110 cm³/mol. The molecule has 128 valence electrons. The first kappa shape index (κ1) is 20.0. The van der Waals surface area contributed by atoms with Gasteiger partial charge in [0.1, 0.15) is 0 Å². The Balaban J connectivity index is 0.000000240. The third-order valence-electron chi connectivity index (χ3n) is 3.56. The molecule has 2 rings (SSSR count). The van der Waals surface area contributed by atoms with Crippen molar-refractivity contribution in [3.05, 3.63) is 83.9 Å². The van der Waals surface area contributed by atoms with Crippen LogP contribution in [-0.2, 0) is 5.41 Å². The van der Waals surface area contributed by atoms with Crippen LogP contribution in [0.4, 0.5) is 0 Å². The average Bonchev–Trinajstić information content (AvgIpc) is 2.53. The minimum atomic E-state index is 0.213. The van der Waals surface area contributed by atoms with Gasteiger partial charge >= 0.3 is 0 Å². The van der Waals surface area contributed by atoms with Gasteiger partial charge in [-0.15, -0.1) is 0 Å². The molecule has 0 saturated heterocycles.